The second kappa shape index (κ2) is 16.5. The van der Waals surface area contributed by atoms with E-state index in [9.17, 15) is 39.3 Å². The van der Waals surface area contributed by atoms with Gasteiger partial charge in [-0.15, -0.1) is 0 Å². The summed E-state index contributed by atoms with van der Waals surface area (Å²) in [6.07, 6.45) is -1.51. The lowest BCUT2D eigenvalue weighted by molar-refractivity contribution is -0.134. The Bertz CT molecular complexity index is 1440. The van der Waals surface area contributed by atoms with Crippen molar-refractivity contribution >= 4 is 29.5 Å². The highest BCUT2D eigenvalue weighted by atomic mass is 16.3. The minimum Gasteiger partial charge on any atom is -0.508 e. The molecule has 1 heterocycles. The molecule has 4 bridgehead atoms. The highest BCUT2D eigenvalue weighted by Crippen LogP contribution is 2.31. The van der Waals surface area contributed by atoms with Crippen molar-refractivity contribution in [2.75, 3.05) is 19.6 Å². The monoisotopic (exact) mass is 642 g/mol. The van der Waals surface area contributed by atoms with Crippen molar-refractivity contribution in [3.05, 3.63) is 47.5 Å². The first-order valence-corrected chi connectivity index (χ1v) is 14.8. The maximum absolute atomic E-state index is 13.6. The zero-order chi connectivity index (χ0) is 34.0. The van der Waals surface area contributed by atoms with E-state index >= 15 is 0 Å². The van der Waals surface area contributed by atoms with E-state index in [1.165, 1.54) is 12.1 Å². The summed E-state index contributed by atoms with van der Waals surface area (Å²) in [5.74, 6) is -4.39. The molecule has 3 rings (SSSR count). The Balaban J connectivity index is 2.00. The number of hydrogen-bond donors (Lipinski definition) is 11. The summed E-state index contributed by atoms with van der Waals surface area (Å²) in [5, 5.41) is 40.7. The molecule has 250 valence electrons. The number of carbonyl (C=O) groups excluding carboxylic acids is 5. The van der Waals surface area contributed by atoms with Gasteiger partial charge in [-0.05, 0) is 65.9 Å². The zero-order valence-electron chi connectivity index (χ0n) is 25.2. The van der Waals surface area contributed by atoms with E-state index in [-0.39, 0.29) is 56.0 Å². The van der Waals surface area contributed by atoms with Crippen molar-refractivity contribution in [1.29, 1.82) is 0 Å². The second-order valence-corrected chi connectivity index (χ2v) is 11.1. The van der Waals surface area contributed by atoms with Crippen LogP contribution in [0.15, 0.2) is 36.4 Å². The number of primary amides is 1. The number of fused-ring (bicyclic) bond motifs is 5. The lowest BCUT2D eigenvalue weighted by Crippen LogP contribution is -2.58. The smallest absolute Gasteiger partial charge is 0.243 e. The highest BCUT2D eigenvalue weighted by Gasteiger charge is 2.32. The molecule has 0 aliphatic carbocycles. The third-order valence-electron chi connectivity index (χ3n) is 7.51. The molecule has 0 saturated heterocycles. The number of hydrogen-bond acceptors (Lipinski definition) is 11. The molecule has 16 nitrogen and oxygen atoms in total. The summed E-state index contributed by atoms with van der Waals surface area (Å²) >= 11 is 0. The van der Waals surface area contributed by atoms with Crippen LogP contribution in [0.2, 0.25) is 0 Å². The van der Waals surface area contributed by atoms with Crippen LogP contribution in [0, 0.1) is 0 Å². The average Bonchev–Trinajstić information content (AvgIpc) is 3.02. The molecular formula is C30H42N8O8. The van der Waals surface area contributed by atoms with Gasteiger partial charge in [0.25, 0.3) is 0 Å². The highest BCUT2D eigenvalue weighted by molar-refractivity contribution is 5.96. The molecule has 0 fully saturated rings. The number of phenols is 2. The van der Waals surface area contributed by atoms with Crippen LogP contribution in [-0.4, -0.2) is 94.8 Å². The Morgan fingerprint density at radius 1 is 0.935 bits per heavy atom. The Morgan fingerprint density at radius 2 is 1.54 bits per heavy atom. The van der Waals surface area contributed by atoms with Gasteiger partial charge in [0.15, 0.2) is 0 Å². The molecule has 5 amide bonds. The molecule has 0 saturated carbocycles. The van der Waals surface area contributed by atoms with Crippen LogP contribution in [0.5, 0.6) is 11.5 Å². The van der Waals surface area contributed by atoms with E-state index in [1.807, 2.05) is 0 Å². The number of aliphatic hydroxyl groups excluding tert-OH is 1. The van der Waals surface area contributed by atoms with Gasteiger partial charge in [-0.2, -0.15) is 0 Å². The molecule has 46 heavy (non-hydrogen) atoms. The summed E-state index contributed by atoms with van der Waals surface area (Å²) in [4.78, 5) is 64.8. The molecule has 5 atom stereocenters. The fourth-order valence-corrected chi connectivity index (χ4v) is 4.83. The third-order valence-corrected chi connectivity index (χ3v) is 7.51. The first kappa shape index (κ1) is 35.7. The Labute approximate surface area is 265 Å². The van der Waals surface area contributed by atoms with Crippen molar-refractivity contribution < 1.29 is 39.3 Å². The van der Waals surface area contributed by atoms with Crippen LogP contribution in [0.3, 0.4) is 0 Å². The number of benzene rings is 2. The number of phenolic OH excluding ortho intramolecular Hbond substituents is 2. The fourth-order valence-electron chi connectivity index (χ4n) is 4.83. The van der Waals surface area contributed by atoms with Gasteiger partial charge in [-0.1, -0.05) is 12.1 Å². The number of amides is 5. The van der Waals surface area contributed by atoms with Gasteiger partial charge in [0, 0.05) is 25.9 Å². The molecule has 0 spiro atoms. The summed E-state index contributed by atoms with van der Waals surface area (Å²) in [6.45, 7) is -0.106. The van der Waals surface area contributed by atoms with Gasteiger partial charge >= 0.3 is 0 Å². The molecule has 1 aliphatic heterocycles. The van der Waals surface area contributed by atoms with Crippen molar-refractivity contribution in [2.24, 2.45) is 22.9 Å². The molecule has 1 unspecified atom stereocenters. The van der Waals surface area contributed by atoms with Gasteiger partial charge in [-0.3, -0.25) is 24.0 Å². The SMILES string of the molecule is NCCC[C@@H]1NC(=O)[C@@H](N)Cc2cc(ccc2O)-c2ccc(O)c(c2)C[C@@H](C(=O)N[C@@H](CC(=O)NCC(O)CN)C(N)=O)NC1=O. The van der Waals surface area contributed by atoms with Crippen LogP contribution in [-0.2, 0) is 36.8 Å². The van der Waals surface area contributed by atoms with Gasteiger partial charge in [0.05, 0.1) is 18.6 Å². The van der Waals surface area contributed by atoms with Gasteiger partial charge in [-0.25, -0.2) is 0 Å². The van der Waals surface area contributed by atoms with Gasteiger partial charge in [0.1, 0.15) is 29.6 Å². The summed E-state index contributed by atoms with van der Waals surface area (Å²) in [6, 6.07) is 4.07. The number of nitrogens with one attached hydrogen (secondary N) is 4. The first-order valence-electron chi connectivity index (χ1n) is 14.8. The normalized spacial score (nSPS) is 19.8. The fraction of sp³-hybridized carbons (Fsp3) is 0.433. The van der Waals surface area contributed by atoms with Crippen molar-refractivity contribution in [3.8, 4) is 22.6 Å². The minimum atomic E-state index is -1.50. The Morgan fingerprint density at radius 3 is 2.11 bits per heavy atom. The third kappa shape index (κ3) is 9.87. The Kier molecular flexibility index (Phi) is 12.8. The van der Waals surface area contributed by atoms with Gasteiger partial charge < -0.3 is 59.5 Å². The summed E-state index contributed by atoms with van der Waals surface area (Å²) in [7, 11) is 0. The van der Waals surface area contributed by atoms with Gasteiger partial charge in [0.2, 0.25) is 29.5 Å². The van der Waals surface area contributed by atoms with E-state index in [2.05, 4.69) is 21.3 Å². The largest absolute Gasteiger partial charge is 0.508 e. The van der Waals surface area contributed by atoms with Crippen LogP contribution in [0.25, 0.3) is 11.1 Å². The summed E-state index contributed by atoms with van der Waals surface area (Å²) in [5.41, 5.74) is 24.4. The number of rotatable bonds is 11. The maximum atomic E-state index is 13.6. The van der Waals surface area contributed by atoms with Crippen molar-refractivity contribution in [1.82, 2.24) is 21.3 Å². The minimum absolute atomic E-state index is 0.0556. The lowest BCUT2D eigenvalue weighted by atomic mass is 9.95. The predicted molar refractivity (Wildman–Crippen MR) is 167 cm³/mol. The molecule has 16 heteroatoms. The predicted octanol–water partition coefficient (Wildman–Crippen LogP) is -3.30. The number of nitrogens with two attached hydrogens (primary N) is 4. The molecule has 0 aromatic heterocycles. The first-order chi connectivity index (χ1) is 21.8. The van der Waals surface area contributed by atoms with Crippen molar-refractivity contribution in [3.63, 3.8) is 0 Å². The van der Waals surface area contributed by atoms with Crippen LogP contribution in [0.1, 0.15) is 30.4 Å². The van der Waals surface area contributed by atoms with Crippen LogP contribution >= 0.6 is 0 Å². The Hall–Kier alpha value is -4.77. The molecule has 2 aromatic carbocycles. The number of carbonyl (C=O) groups is 5. The zero-order valence-corrected chi connectivity index (χ0v) is 25.2. The van der Waals surface area contributed by atoms with E-state index in [0.29, 0.717) is 23.1 Å². The average molecular weight is 643 g/mol. The van der Waals surface area contributed by atoms with Crippen LogP contribution in [0.4, 0.5) is 0 Å². The molecule has 2 aromatic rings. The topological polar surface area (TPSA) is 298 Å². The molecule has 15 N–H and O–H groups in total. The standard InChI is InChI=1S/C30H42N8O8/c31-7-1-2-21-29(45)38-23(30(46)37-22(27(34)43)12-26(42)35-14-19(39)13-32)11-18-9-16(4-6-25(18)41)15-3-5-24(40)17(8-15)10-20(33)28(44)36-21/h3-6,8-9,19-23,39-41H,1-2,7,10-14,31-33H2,(H2,34,43)(H,35,42)(H,36,44)(H,37,46)(H,38,45)/t19?,20-,21-,22-,23-/m0/s1. The molecule has 1 aliphatic rings. The van der Waals surface area contributed by atoms with E-state index in [1.54, 1.807) is 24.3 Å². The second-order valence-electron chi connectivity index (χ2n) is 11.1. The lowest BCUT2D eigenvalue weighted by Gasteiger charge is -2.26. The van der Waals surface area contributed by atoms with Crippen molar-refractivity contribution in [2.45, 2.75) is 62.4 Å². The quantitative estimate of drug-likeness (QED) is 0.115. The van der Waals surface area contributed by atoms with E-state index in [4.69, 9.17) is 22.9 Å². The number of aromatic hydroxyl groups is 2. The van der Waals surface area contributed by atoms with E-state index < -0.39 is 66.2 Å². The molecular weight excluding hydrogens is 600 g/mol. The van der Waals surface area contributed by atoms with E-state index in [0.717, 1.165) is 0 Å². The van der Waals surface area contributed by atoms with Crippen LogP contribution < -0.4 is 44.2 Å². The summed E-state index contributed by atoms with van der Waals surface area (Å²) < 4.78 is 0. The molecule has 0 radical (unpaired) electrons. The maximum Gasteiger partial charge on any atom is 0.243 e. The number of aliphatic hydroxyl groups is 1.